The van der Waals surface area contributed by atoms with E-state index in [-0.39, 0.29) is 11.8 Å². The van der Waals surface area contributed by atoms with Crippen LogP contribution in [0, 0.1) is 6.92 Å². The van der Waals surface area contributed by atoms with Crippen molar-refractivity contribution >= 4 is 23.2 Å². The molecule has 0 heterocycles. The van der Waals surface area contributed by atoms with Gasteiger partial charge in [0.1, 0.15) is 0 Å². The monoisotopic (exact) mass is 358 g/mol. The molecule has 2 N–H and O–H groups in total. The molecule has 0 aromatic heterocycles. The minimum Gasteiger partial charge on any atom is -0.326 e. The van der Waals surface area contributed by atoms with Crippen molar-refractivity contribution in [1.82, 2.24) is 0 Å². The van der Waals surface area contributed by atoms with Crippen LogP contribution in [0.25, 0.3) is 0 Å². The van der Waals surface area contributed by atoms with Gasteiger partial charge in [0, 0.05) is 18.3 Å². The van der Waals surface area contributed by atoms with Gasteiger partial charge in [0.2, 0.25) is 11.8 Å². The molecular formula is C23H22N2O2. The number of hydrogen-bond acceptors (Lipinski definition) is 2. The van der Waals surface area contributed by atoms with Crippen LogP contribution < -0.4 is 10.6 Å². The predicted octanol–water partition coefficient (Wildman–Crippen LogP) is 4.72. The van der Waals surface area contributed by atoms with E-state index in [4.69, 9.17) is 0 Å². The summed E-state index contributed by atoms with van der Waals surface area (Å²) in [6.45, 7) is 3.37. The number of rotatable bonds is 5. The maximum atomic E-state index is 13.1. The molecule has 0 aliphatic rings. The molecule has 0 aliphatic carbocycles. The highest BCUT2D eigenvalue weighted by Gasteiger charge is 2.22. The van der Waals surface area contributed by atoms with Gasteiger partial charge < -0.3 is 10.6 Å². The molecule has 2 amide bonds. The zero-order chi connectivity index (χ0) is 19.2. The van der Waals surface area contributed by atoms with Gasteiger partial charge >= 0.3 is 0 Å². The van der Waals surface area contributed by atoms with Crippen LogP contribution in [0.4, 0.5) is 11.4 Å². The molecule has 27 heavy (non-hydrogen) atoms. The third-order valence-electron chi connectivity index (χ3n) is 4.34. The van der Waals surface area contributed by atoms with Crippen molar-refractivity contribution in [2.45, 2.75) is 19.8 Å². The molecule has 136 valence electrons. The zero-order valence-electron chi connectivity index (χ0n) is 15.4. The molecule has 4 nitrogen and oxygen atoms in total. The molecule has 0 unspecified atom stereocenters. The van der Waals surface area contributed by atoms with Gasteiger partial charge in [-0.2, -0.15) is 0 Å². The van der Waals surface area contributed by atoms with Crippen molar-refractivity contribution in [2.24, 2.45) is 0 Å². The summed E-state index contributed by atoms with van der Waals surface area (Å²) < 4.78 is 0. The Hall–Kier alpha value is -3.40. The molecule has 0 radical (unpaired) electrons. The third kappa shape index (κ3) is 4.61. The SMILES string of the molecule is CC(=O)Nc1cc(NC(=O)C(c2ccccc2)c2ccccc2)ccc1C. The molecule has 0 aliphatic heterocycles. The van der Waals surface area contributed by atoms with Gasteiger partial charge in [-0.3, -0.25) is 9.59 Å². The summed E-state index contributed by atoms with van der Waals surface area (Å²) in [7, 11) is 0. The lowest BCUT2D eigenvalue weighted by atomic mass is 9.90. The molecular weight excluding hydrogens is 336 g/mol. The number of nitrogens with one attached hydrogen (secondary N) is 2. The molecule has 0 saturated carbocycles. The lowest BCUT2D eigenvalue weighted by molar-refractivity contribution is -0.117. The van der Waals surface area contributed by atoms with Crippen molar-refractivity contribution in [3.8, 4) is 0 Å². The van der Waals surface area contributed by atoms with E-state index in [2.05, 4.69) is 10.6 Å². The number of carbonyl (C=O) groups is 2. The Labute approximate surface area is 159 Å². The fourth-order valence-corrected chi connectivity index (χ4v) is 3.02. The van der Waals surface area contributed by atoms with Crippen molar-refractivity contribution in [3.63, 3.8) is 0 Å². The van der Waals surface area contributed by atoms with E-state index in [0.29, 0.717) is 11.4 Å². The van der Waals surface area contributed by atoms with Crippen molar-refractivity contribution in [3.05, 3.63) is 95.6 Å². The second kappa shape index (κ2) is 8.32. The summed E-state index contributed by atoms with van der Waals surface area (Å²) in [5, 5.41) is 5.78. The summed E-state index contributed by atoms with van der Waals surface area (Å²) in [6.07, 6.45) is 0. The van der Waals surface area contributed by atoms with Crippen LogP contribution in [0.5, 0.6) is 0 Å². The Morgan fingerprint density at radius 2 is 1.33 bits per heavy atom. The van der Waals surface area contributed by atoms with Crippen molar-refractivity contribution in [1.29, 1.82) is 0 Å². The van der Waals surface area contributed by atoms with Gasteiger partial charge in [-0.25, -0.2) is 0 Å². The van der Waals surface area contributed by atoms with E-state index in [1.807, 2.05) is 79.7 Å². The second-order valence-corrected chi connectivity index (χ2v) is 6.45. The Morgan fingerprint density at radius 1 is 0.778 bits per heavy atom. The first kappa shape index (κ1) is 18.4. The van der Waals surface area contributed by atoms with Gasteiger partial charge in [-0.05, 0) is 35.7 Å². The Morgan fingerprint density at radius 3 is 1.85 bits per heavy atom. The fraction of sp³-hybridized carbons (Fsp3) is 0.130. The highest BCUT2D eigenvalue weighted by molar-refractivity contribution is 5.99. The van der Waals surface area contributed by atoms with E-state index in [1.165, 1.54) is 6.92 Å². The molecule has 0 saturated heterocycles. The summed E-state index contributed by atoms with van der Waals surface area (Å²) in [5.74, 6) is -0.684. The van der Waals surface area contributed by atoms with Crippen molar-refractivity contribution in [2.75, 3.05) is 10.6 Å². The van der Waals surface area contributed by atoms with Crippen LogP contribution >= 0.6 is 0 Å². The smallest absolute Gasteiger partial charge is 0.236 e. The quantitative estimate of drug-likeness (QED) is 0.693. The van der Waals surface area contributed by atoms with Gasteiger partial charge in [0.05, 0.1) is 5.92 Å². The van der Waals surface area contributed by atoms with E-state index < -0.39 is 5.92 Å². The molecule has 4 heteroatoms. The predicted molar refractivity (Wildman–Crippen MR) is 109 cm³/mol. The number of amides is 2. The Bertz CT molecular complexity index is 898. The van der Waals surface area contributed by atoms with Crippen LogP contribution in [-0.4, -0.2) is 11.8 Å². The van der Waals surface area contributed by atoms with E-state index in [0.717, 1.165) is 16.7 Å². The zero-order valence-corrected chi connectivity index (χ0v) is 15.4. The topological polar surface area (TPSA) is 58.2 Å². The molecule has 3 rings (SSSR count). The van der Waals surface area contributed by atoms with Crippen LogP contribution in [0.3, 0.4) is 0 Å². The summed E-state index contributed by atoms with van der Waals surface area (Å²) in [5.41, 5.74) is 4.12. The van der Waals surface area contributed by atoms with Gasteiger partial charge in [0.15, 0.2) is 0 Å². The minimum absolute atomic E-state index is 0.120. The van der Waals surface area contributed by atoms with Crippen molar-refractivity contribution < 1.29 is 9.59 Å². The normalized spacial score (nSPS) is 10.5. The van der Waals surface area contributed by atoms with Crippen LogP contribution in [0.15, 0.2) is 78.9 Å². The summed E-state index contributed by atoms with van der Waals surface area (Å²) >= 11 is 0. The maximum Gasteiger partial charge on any atom is 0.236 e. The first-order valence-corrected chi connectivity index (χ1v) is 8.83. The average molecular weight is 358 g/mol. The highest BCUT2D eigenvalue weighted by atomic mass is 16.2. The number of hydrogen-bond donors (Lipinski definition) is 2. The van der Waals surface area contributed by atoms with Crippen LogP contribution in [0.1, 0.15) is 29.5 Å². The summed E-state index contributed by atoms with van der Waals surface area (Å²) in [6, 6.07) is 24.9. The first-order valence-electron chi connectivity index (χ1n) is 8.83. The number of anilines is 2. The van der Waals surface area contributed by atoms with E-state index in [1.54, 1.807) is 6.07 Å². The fourth-order valence-electron chi connectivity index (χ4n) is 3.02. The van der Waals surface area contributed by atoms with Crippen LogP contribution in [0.2, 0.25) is 0 Å². The first-order chi connectivity index (χ1) is 13.0. The number of aryl methyl sites for hydroxylation is 1. The molecule has 0 fully saturated rings. The molecule has 0 spiro atoms. The molecule has 0 bridgehead atoms. The standard InChI is InChI=1S/C23H22N2O2/c1-16-13-14-20(15-21(16)24-17(2)26)25-23(27)22(18-9-5-3-6-10-18)19-11-7-4-8-12-19/h3-15,22H,1-2H3,(H,24,26)(H,25,27). The minimum atomic E-state index is -0.419. The number of benzene rings is 3. The summed E-state index contributed by atoms with van der Waals surface area (Å²) in [4.78, 5) is 24.5. The maximum absolute atomic E-state index is 13.1. The largest absolute Gasteiger partial charge is 0.326 e. The Balaban J connectivity index is 1.91. The average Bonchev–Trinajstić information content (AvgIpc) is 2.66. The van der Waals surface area contributed by atoms with Gasteiger partial charge in [-0.15, -0.1) is 0 Å². The lowest BCUT2D eigenvalue weighted by Crippen LogP contribution is -2.22. The lowest BCUT2D eigenvalue weighted by Gasteiger charge is -2.18. The number of carbonyl (C=O) groups excluding carboxylic acids is 2. The Kier molecular flexibility index (Phi) is 5.67. The van der Waals surface area contributed by atoms with E-state index in [9.17, 15) is 9.59 Å². The highest BCUT2D eigenvalue weighted by Crippen LogP contribution is 2.27. The van der Waals surface area contributed by atoms with E-state index >= 15 is 0 Å². The third-order valence-corrected chi connectivity index (χ3v) is 4.34. The molecule has 3 aromatic carbocycles. The van der Waals surface area contributed by atoms with Crippen LogP contribution in [-0.2, 0) is 9.59 Å². The second-order valence-electron chi connectivity index (χ2n) is 6.45. The molecule has 0 atom stereocenters. The molecule has 3 aromatic rings. The van der Waals surface area contributed by atoms with Gasteiger partial charge in [-0.1, -0.05) is 66.7 Å². The van der Waals surface area contributed by atoms with Gasteiger partial charge in [0.25, 0.3) is 0 Å².